The minimum absolute atomic E-state index is 0.0319. The highest BCUT2D eigenvalue weighted by atomic mass is 19.1. The summed E-state index contributed by atoms with van der Waals surface area (Å²) in [5.41, 5.74) is 1.19. The number of fused-ring (bicyclic) bond motifs is 1. The van der Waals surface area contributed by atoms with E-state index in [9.17, 15) is 14.0 Å². The lowest BCUT2D eigenvalue weighted by Gasteiger charge is -2.23. The summed E-state index contributed by atoms with van der Waals surface area (Å²) in [6.07, 6.45) is 3.63. The van der Waals surface area contributed by atoms with Gasteiger partial charge in [0.1, 0.15) is 17.1 Å². The first kappa shape index (κ1) is 28.7. The van der Waals surface area contributed by atoms with Gasteiger partial charge in [-0.15, -0.1) is 0 Å². The van der Waals surface area contributed by atoms with E-state index in [1.165, 1.54) is 49.7 Å². The van der Waals surface area contributed by atoms with Crippen LogP contribution in [0.4, 0.5) is 14.5 Å². The molecule has 1 saturated heterocycles. The molecule has 2 amide bonds. The van der Waals surface area contributed by atoms with Gasteiger partial charge in [-0.05, 0) is 79.9 Å². The van der Waals surface area contributed by atoms with Crippen LogP contribution < -0.4 is 30.2 Å². The summed E-state index contributed by atoms with van der Waals surface area (Å²) < 4.78 is 45.6. The molecule has 0 saturated carbocycles. The van der Waals surface area contributed by atoms with Crippen LogP contribution in [0.1, 0.15) is 18.4 Å². The van der Waals surface area contributed by atoms with Crippen LogP contribution in [0.2, 0.25) is 0 Å². The van der Waals surface area contributed by atoms with Gasteiger partial charge in [0.05, 0.1) is 13.7 Å². The lowest BCUT2D eigenvalue weighted by atomic mass is 9.99. The Kier molecular flexibility index (Phi) is 9.08. The predicted octanol–water partition coefficient (Wildman–Crippen LogP) is 4.95. The first-order chi connectivity index (χ1) is 20.4. The van der Waals surface area contributed by atoms with E-state index in [0.29, 0.717) is 46.2 Å². The van der Waals surface area contributed by atoms with Gasteiger partial charge in [0, 0.05) is 29.9 Å². The maximum absolute atomic E-state index is 15.0. The number of carbonyl (C=O) groups is 2. The molecule has 0 aliphatic carbocycles. The SMILES string of the molecule is COc1c(OCC2CCNCC2)ccc2c(Oc3ccc(NC(=O)C(=O)NCc4ccc(F)cc4)cc3F)ccnc12. The number of piperidine rings is 1. The Labute approximate surface area is 241 Å². The van der Waals surface area contributed by atoms with Gasteiger partial charge in [0.2, 0.25) is 0 Å². The Hall–Kier alpha value is -4.77. The van der Waals surface area contributed by atoms with E-state index < -0.39 is 23.4 Å². The number of pyridine rings is 1. The number of hydrogen-bond donors (Lipinski definition) is 3. The third-order valence-electron chi connectivity index (χ3n) is 6.91. The van der Waals surface area contributed by atoms with E-state index >= 15 is 4.39 Å². The standard InChI is InChI=1S/C31H30F2N4O5/c1-40-29-27(41-18-20-10-13-34-14-11-20)9-7-23-25(12-15-35-28(23)29)42-26-8-6-22(16-24(26)33)37-31(39)30(38)36-17-19-2-4-21(32)5-3-19/h2-9,12,15-16,20,34H,10-11,13-14,17-18H2,1H3,(H,36,38)(H,37,39). The molecule has 2 heterocycles. The number of benzene rings is 3. The molecule has 0 unspecified atom stereocenters. The summed E-state index contributed by atoms with van der Waals surface area (Å²) in [6.45, 7) is 2.56. The molecule has 1 aliphatic rings. The molecule has 0 spiro atoms. The lowest BCUT2D eigenvalue weighted by Crippen LogP contribution is -2.34. The lowest BCUT2D eigenvalue weighted by molar-refractivity contribution is -0.136. The fraction of sp³-hybridized carbons (Fsp3) is 0.258. The fourth-order valence-electron chi connectivity index (χ4n) is 4.64. The maximum Gasteiger partial charge on any atom is 0.313 e. The Balaban J connectivity index is 1.24. The van der Waals surface area contributed by atoms with Crippen LogP contribution in [-0.2, 0) is 16.1 Å². The van der Waals surface area contributed by atoms with Gasteiger partial charge in [-0.3, -0.25) is 14.6 Å². The van der Waals surface area contributed by atoms with Gasteiger partial charge in [0.15, 0.2) is 23.1 Å². The number of aromatic nitrogens is 1. The zero-order valence-corrected chi connectivity index (χ0v) is 22.9. The molecular weight excluding hydrogens is 546 g/mol. The molecule has 1 aromatic heterocycles. The molecule has 11 heteroatoms. The number of nitrogens with zero attached hydrogens (tertiary/aromatic N) is 1. The summed E-state index contributed by atoms with van der Waals surface area (Å²) >= 11 is 0. The number of carbonyl (C=O) groups excluding carboxylic acids is 2. The number of hydrogen-bond acceptors (Lipinski definition) is 7. The van der Waals surface area contributed by atoms with Crippen LogP contribution in [0.25, 0.3) is 10.9 Å². The van der Waals surface area contributed by atoms with E-state index in [0.717, 1.165) is 32.0 Å². The molecule has 0 bridgehead atoms. The molecule has 0 atom stereocenters. The van der Waals surface area contributed by atoms with Crippen molar-refractivity contribution in [2.45, 2.75) is 19.4 Å². The van der Waals surface area contributed by atoms with Crippen LogP contribution in [0.5, 0.6) is 23.0 Å². The third kappa shape index (κ3) is 6.92. The van der Waals surface area contributed by atoms with Gasteiger partial charge in [-0.2, -0.15) is 0 Å². The minimum Gasteiger partial charge on any atom is -0.491 e. The van der Waals surface area contributed by atoms with Crippen molar-refractivity contribution in [3.63, 3.8) is 0 Å². The van der Waals surface area contributed by atoms with Crippen LogP contribution in [0.15, 0.2) is 66.9 Å². The van der Waals surface area contributed by atoms with Crippen molar-refractivity contribution in [3.05, 3.63) is 84.1 Å². The number of methoxy groups -OCH3 is 1. The first-order valence-corrected chi connectivity index (χ1v) is 13.5. The van der Waals surface area contributed by atoms with Crippen molar-refractivity contribution < 1.29 is 32.6 Å². The molecule has 0 radical (unpaired) electrons. The average molecular weight is 577 g/mol. The minimum atomic E-state index is -0.976. The molecule has 9 nitrogen and oxygen atoms in total. The van der Waals surface area contributed by atoms with Crippen LogP contribution >= 0.6 is 0 Å². The van der Waals surface area contributed by atoms with Crippen molar-refractivity contribution in [2.24, 2.45) is 5.92 Å². The summed E-state index contributed by atoms with van der Waals surface area (Å²) in [5.74, 6) is -1.31. The third-order valence-corrected chi connectivity index (χ3v) is 6.91. The molecule has 5 rings (SSSR count). The monoisotopic (exact) mass is 576 g/mol. The van der Waals surface area contributed by atoms with Crippen molar-refractivity contribution >= 4 is 28.4 Å². The van der Waals surface area contributed by atoms with Crippen molar-refractivity contribution in [1.29, 1.82) is 0 Å². The highest BCUT2D eigenvalue weighted by molar-refractivity contribution is 6.39. The number of halogens is 2. The largest absolute Gasteiger partial charge is 0.491 e. The fourth-order valence-corrected chi connectivity index (χ4v) is 4.64. The van der Waals surface area contributed by atoms with Gasteiger partial charge in [-0.1, -0.05) is 12.1 Å². The Morgan fingerprint density at radius 1 is 0.952 bits per heavy atom. The molecule has 4 aromatic rings. The van der Waals surface area contributed by atoms with Gasteiger partial charge < -0.3 is 30.2 Å². The molecule has 42 heavy (non-hydrogen) atoms. The van der Waals surface area contributed by atoms with E-state index in [4.69, 9.17) is 14.2 Å². The van der Waals surface area contributed by atoms with E-state index in [2.05, 4.69) is 20.9 Å². The van der Waals surface area contributed by atoms with E-state index in [1.807, 2.05) is 0 Å². The van der Waals surface area contributed by atoms with Crippen LogP contribution in [0.3, 0.4) is 0 Å². The first-order valence-electron chi connectivity index (χ1n) is 13.5. The van der Waals surface area contributed by atoms with E-state index in [1.54, 1.807) is 18.2 Å². The summed E-state index contributed by atoms with van der Waals surface area (Å²) in [5, 5.41) is 8.73. The van der Waals surface area contributed by atoms with Crippen molar-refractivity contribution in [2.75, 3.05) is 32.1 Å². The number of ether oxygens (including phenoxy) is 3. The summed E-state index contributed by atoms with van der Waals surface area (Å²) in [6, 6.07) is 14.5. The average Bonchev–Trinajstić information content (AvgIpc) is 3.01. The molecule has 218 valence electrons. The summed E-state index contributed by atoms with van der Waals surface area (Å²) in [7, 11) is 1.54. The Morgan fingerprint density at radius 2 is 1.71 bits per heavy atom. The predicted molar refractivity (Wildman–Crippen MR) is 153 cm³/mol. The molecular formula is C31H30F2N4O5. The number of anilines is 1. The van der Waals surface area contributed by atoms with E-state index in [-0.39, 0.29) is 18.0 Å². The quantitative estimate of drug-likeness (QED) is 0.242. The second-order valence-corrected chi connectivity index (χ2v) is 9.82. The smallest absolute Gasteiger partial charge is 0.313 e. The molecule has 3 N–H and O–H groups in total. The Bertz CT molecular complexity index is 1580. The van der Waals surface area contributed by atoms with Gasteiger partial charge in [0.25, 0.3) is 0 Å². The van der Waals surface area contributed by atoms with Crippen molar-refractivity contribution in [3.8, 4) is 23.0 Å². The second kappa shape index (κ2) is 13.3. The van der Waals surface area contributed by atoms with Crippen LogP contribution in [-0.4, -0.2) is 43.6 Å². The van der Waals surface area contributed by atoms with Crippen LogP contribution in [0, 0.1) is 17.6 Å². The van der Waals surface area contributed by atoms with Gasteiger partial charge >= 0.3 is 11.8 Å². The normalized spacial score (nSPS) is 13.4. The zero-order chi connectivity index (χ0) is 29.5. The highest BCUT2D eigenvalue weighted by Gasteiger charge is 2.19. The number of amides is 2. The zero-order valence-electron chi connectivity index (χ0n) is 22.9. The molecule has 3 aromatic carbocycles. The van der Waals surface area contributed by atoms with Crippen molar-refractivity contribution in [1.82, 2.24) is 15.6 Å². The Morgan fingerprint density at radius 3 is 2.45 bits per heavy atom. The second-order valence-electron chi connectivity index (χ2n) is 9.82. The highest BCUT2D eigenvalue weighted by Crippen LogP contribution is 2.40. The molecule has 1 aliphatic heterocycles. The summed E-state index contributed by atoms with van der Waals surface area (Å²) in [4.78, 5) is 28.9. The van der Waals surface area contributed by atoms with Gasteiger partial charge in [-0.25, -0.2) is 8.78 Å². The number of nitrogens with one attached hydrogen (secondary N) is 3. The molecule has 1 fully saturated rings. The number of rotatable bonds is 9. The topological polar surface area (TPSA) is 111 Å². The maximum atomic E-state index is 15.0.